The number of halogens is 1. The van der Waals surface area contributed by atoms with Crippen molar-refractivity contribution in [2.45, 2.75) is 39.0 Å². The Labute approximate surface area is 139 Å². The van der Waals surface area contributed by atoms with Crippen molar-refractivity contribution in [3.05, 3.63) is 50.4 Å². The average molecular weight is 367 g/mol. The highest BCUT2D eigenvalue weighted by atomic mass is 79.9. The van der Waals surface area contributed by atoms with E-state index in [2.05, 4.69) is 60.3 Å². The number of benzene rings is 1. The fourth-order valence-electron chi connectivity index (χ4n) is 2.21. The fourth-order valence-corrected chi connectivity index (χ4v) is 3.79. The number of nitrogens with zero attached hydrogens (tertiary/aromatic N) is 1. The lowest BCUT2D eigenvalue weighted by Gasteiger charge is -2.16. The van der Waals surface area contributed by atoms with Gasteiger partial charge in [-0.1, -0.05) is 54.9 Å². The minimum absolute atomic E-state index is 0.120. The maximum Gasteiger partial charge on any atom is 0.0931 e. The van der Waals surface area contributed by atoms with Crippen LogP contribution in [0.2, 0.25) is 0 Å². The minimum Gasteiger partial charge on any atom is -0.330 e. The largest absolute Gasteiger partial charge is 0.330 e. The molecule has 21 heavy (non-hydrogen) atoms. The van der Waals surface area contributed by atoms with Gasteiger partial charge in [-0.2, -0.15) is 0 Å². The van der Waals surface area contributed by atoms with E-state index in [1.807, 2.05) is 6.07 Å². The van der Waals surface area contributed by atoms with Gasteiger partial charge in [0.05, 0.1) is 10.7 Å². The average Bonchev–Trinajstić information content (AvgIpc) is 2.89. The summed E-state index contributed by atoms with van der Waals surface area (Å²) in [5.74, 6) is 0.433. The van der Waals surface area contributed by atoms with Crippen LogP contribution >= 0.6 is 27.3 Å². The first kappa shape index (κ1) is 16.7. The Morgan fingerprint density at radius 3 is 2.52 bits per heavy atom. The molecule has 1 atom stereocenters. The lowest BCUT2D eigenvalue weighted by molar-refractivity contribution is 0.524. The summed E-state index contributed by atoms with van der Waals surface area (Å²) >= 11 is 5.37. The number of rotatable bonds is 5. The number of hydrogen-bond donors (Lipinski definition) is 1. The van der Waals surface area contributed by atoms with Crippen molar-refractivity contribution >= 4 is 27.3 Å². The van der Waals surface area contributed by atoms with Crippen molar-refractivity contribution in [1.29, 1.82) is 0 Å². The molecule has 0 saturated heterocycles. The Bertz CT molecular complexity index is 586. The van der Waals surface area contributed by atoms with E-state index < -0.39 is 0 Å². The second-order valence-corrected chi connectivity index (χ2v) is 8.27. The quantitative estimate of drug-likeness (QED) is 0.841. The van der Waals surface area contributed by atoms with Gasteiger partial charge in [0.15, 0.2) is 0 Å². The summed E-state index contributed by atoms with van der Waals surface area (Å²) < 4.78 is 1.16. The second-order valence-electron chi connectivity index (χ2n) is 6.48. The monoisotopic (exact) mass is 366 g/mol. The minimum atomic E-state index is 0.120. The zero-order valence-electron chi connectivity index (χ0n) is 12.9. The van der Waals surface area contributed by atoms with Crippen LogP contribution < -0.4 is 5.73 Å². The topological polar surface area (TPSA) is 38.9 Å². The maximum atomic E-state index is 5.97. The summed E-state index contributed by atoms with van der Waals surface area (Å²) in [5.41, 5.74) is 8.59. The smallest absolute Gasteiger partial charge is 0.0931 e. The molecule has 1 aromatic carbocycles. The zero-order valence-corrected chi connectivity index (χ0v) is 15.3. The predicted molar refractivity (Wildman–Crippen MR) is 94.9 cm³/mol. The first-order chi connectivity index (χ1) is 9.90. The Morgan fingerprint density at radius 1 is 1.24 bits per heavy atom. The standard InChI is InChI=1S/C17H23BrN2S/c1-17(2,3)15-11-21-16(20-15)9-12(10-19)8-13-6-4-5-7-14(13)18/h4-7,11-12H,8-10,19H2,1-3H3. The normalized spacial score (nSPS) is 13.4. The van der Waals surface area contributed by atoms with Crippen LogP contribution in [0.5, 0.6) is 0 Å². The van der Waals surface area contributed by atoms with Crippen molar-refractivity contribution in [3.8, 4) is 0 Å². The van der Waals surface area contributed by atoms with E-state index >= 15 is 0 Å². The van der Waals surface area contributed by atoms with Crippen LogP contribution in [0.15, 0.2) is 34.1 Å². The van der Waals surface area contributed by atoms with Gasteiger partial charge < -0.3 is 5.73 Å². The van der Waals surface area contributed by atoms with Gasteiger partial charge in [-0.3, -0.25) is 0 Å². The first-order valence-corrected chi connectivity index (χ1v) is 8.95. The summed E-state index contributed by atoms with van der Waals surface area (Å²) in [5, 5.41) is 3.38. The van der Waals surface area contributed by atoms with Crippen molar-refractivity contribution in [1.82, 2.24) is 4.98 Å². The molecule has 0 bridgehead atoms. The summed E-state index contributed by atoms with van der Waals surface area (Å²) in [7, 11) is 0. The fraction of sp³-hybridized carbons (Fsp3) is 0.471. The number of thiazole rings is 1. The first-order valence-electron chi connectivity index (χ1n) is 7.28. The predicted octanol–water partition coefficient (Wildman–Crippen LogP) is 4.56. The van der Waals surface area contributed by atoms with Gasteiger partial charge in [-0.15, -0.1) is 11.3 Å². The number of hydrogen-bond acceptors (Lipinski definition) is 3. The van der Waals surface area contributed by atoms with E-state index in [1.54, 1.807) is 11.3 Å². The summed E-state index contributed by atoms with van der Waals surface area (Å²) in [4.78, 5) is 4.78. The molecule has 0 amide bonds. The highest BCUT2D eigenvalue weighted by Crippen LogP contribution is 2.26. The van der Waals surface area contributed by atoms with Gasteiger partial charge in [0.1, 0.15) is 0 Å². The molecule has 0 radical (unpaired) electrons. The third-order valence-electron chi connectivity index (χ3n) is 3.58. The molecule has 1 aromatic heterocycles. The van der Waals surface area contributed by atoms with Gasteiger partial charge >= 0.3 is 0 Å². The maximum absolute atomic E-state index is 5.97. The molecule has 114 valence electrons. The molecule has 0 spiro atoms. The van der Waals surface area contributed by atoms with Crippen LogP contribution in [0, 0.1) is 5.92 Å². The summed E-state index contributed by atoms with van der Waals surface area (Å²) in [6.45, 7) is 7.29. The van der Waals surface area contributed by atoms with E-state index in [0.29, 0.717) is 12.5 Å². The van der Waals surface area contributed by atoms with Crippen LogP contribution in [-0.4, -0.2) is 11.5 Å². The molecule has 4 heteroatoms. The molecule has 0 aliphatic carbocycles. The third-order valence-corrected chi connectivity index (χ3v) is 5.23. The summed E-state index contributed by atoms with van der Waals surface area (Å²) in [6.07, 6.45) is 1.95. The van der Waals surface area contributed by atoms with Crippen LogP contribution in [-0.2, 0) is 18.3 Å². The third kappa shape index (κ3) is 4.63. The van der Waals surface area contributed by atoms with Crippen LogP contribution in [0.3, 0.4) is 0 Å². The van der Waals surface area contributed by atoms with Gasteiger partial charge in [-0.05, 0) is 30.5 Å². The van der Waals surface area contributed by atoms with E-state index in [1.165, 1.54) is 16.3 Å². The Kier molecular flexibility index (Phi) is 5.58. The molecule has 0 aliphatic heterocycles. The van der Waals surface area contributed by atoms with E-state index in [0.717, 1.165) is 17.3 Å². The Morgan fingerprint density at radius 2 is 1.95 bits per heavy atom. The molecular weight excluding hydrogens is 344 g/mol. The molecule has 0 aliphatic rings. The van der Waals surface area contributed by atoms with Gasteiger partial charge in [0, 0.05) is 21.7 Å². The van der Waals surface area contributed by atoms with Crippen molar-refractivity contribution in [3.63, 3.8) is 0 Å². The van der Waals surface area contributed by atoms with E-state index in [4.69, 9.17) is 10.7 Å². The molecule has 2 nitrogen and oxygen atoms in total. The van der Waals surface area contributed by atoms with E-state index in [9.17, 15) is 0 Å². The van der Waals surface area contributed by atoms with Crippen molar-refractivity contribution in [2.75, 3.05) is 6.54 Å². The SMILES string of the molecule is CC(C)(C)c1csc(CC(CN)Cc2ccccc2Br)n1. The molecule has 0 fully saturated rings. The molecule has 2 N–H and O–H groups in total. The zero-order chi connectivity index (χ0) is 15.5. The molecule has 2 rings (SSSR count). The highest BCUT2D eigenvalue weighted by Gasteiger charge is 2.19. The van der Waals surface area contributed by atoms with E-state index in [-0.39, 0.29) is 5.41 Å². The Hall–Kier alpha value is -0.710. The molecule has 1 heterocycles. The lowest BCUT2D eigenvalue weighted by Crippen LogP contribution is -2.20. The molecule has 2 aromatic rings. The second kappa shape index (κ2) is 7.03. The van der Waals surface area contributed by atoms with Crippen LogP contribution in [0.25, 0.3) is 0 Å². The molecule has 0 saturated carbocycles. The van der Waals surface area contributed by atoms with Crippen molar-refractivity contribution in [2.24, 2.45) is 11.7 Å². The van der Waals surface area contributed by atoms with Gasteiger partial charge in [-0.25, -0.2) is 4.98 Å². The summed E-state index contributed by atoms with van der Waals surface area (Å²) in [6, 6.07) is 8.37. The highest BCUT2D eigenvalue weighted by molar-refractivity contribution is 9.10. The number of nitrogens with two attached hydrogens (primary N) is 1. The van der Waals surface area contributed by atoms with Gasteiger partial charge in [0.25, 0.3) is 0 Å². The Balaban J connectivity index is 2.06. The van der Waals surface area contributed by atoms with Crippen LogP contribution in [0.4, 0.5) is 0 Å². The number of aromatic nitrogens is 1. The van der Waals surface area contributed by atoms with Crippen LogP contribution in [0.1, 0.15) is 37.0 Å². The molecule has 1 unspecified atom stereocenters. The van der Waals surface area contributed by atoms with Crippen molar-refractivity contribution < 1.29 is 0 Å². The lowest BCUT2D eigenvalue weighted by atomic mass is 9.93. The van der Waals surface area contributed by atoms with Gasteiger partial charge in [0.2, 0.25) is 0 Å². The molecular formula is C17H23BrN2S.